The molecule has 0 amide bonds. The van der Waals surface area contributed by atoms with Gasteiger partial charge in [-0.1, -0.05) is 91.7 Å². The van der Waals surface area contributed by atoms with E-state index in [4.69, 9.17) is 9.47 Å². The molecule has 212 valence electrons. The number of carbonyl (C=O) groups excluding carboxylic acids is 1. The standard InChI is InChI=1S/C34H58O3/c1-7-8-9-10-22-36-32(35)37-27-18-20-33(5)26(23-27)14-15-28-30-17-16-29(25(4)13-11-12-24(2)3)34(30,6)21-19-31(28)33/h14,24-25,27-31H,7-13,15-23H2,1-6H3/t25-,27?,28+,29-,30+,31+,33+,34-/m1/s1. The minimum absolute atomic E-state index is 0.00424. The lowest BCUT2D eigenvalue weighted by molar-refractivity contribution is -0.0617. The Hall–Kier alpha value is -0.990. The summed E-state index contributed by atoms with van der Waals surface area (Å²) in [6.07, 6.45) is 20.8. The molecule has 3 nitrogen and oxygen atoms in total. The molecule has 4 aliphatic rings. The van der Waals surface area contributed by atoms with Crippen molar-refractivity contribution < 1.29 is 14.3 Å². The van der Waals surface area contributed by atoms with Crippen molar-refractivity contribution in [1.82, 2.24) is 0 Å². The van der Waals surface area contributed by atoms with E-state index >= 15 is 0 Å². The Morgan fingerprint density at radius 2 is 1.78 bits per heavy atom. The molecule has 8 atom stereocenters. The van der Waals surface area contributed by atoms with Crippen LogP contribution in [0.15, 0.2) is 11.6 Å². The second-order valence-electron chi connectivity index (χ2n) is 14.4. The number of fused-ring (bicyclic) bond motifs is 5. The number of ether oxygens (including phenoxy) is 2. The van der Waals surface area contributed by atoms with Crippen LogP contribution in [0.3, 0.4) is 0 Å². The number of hydrogen-bond acceptors (Lipinski definition) is 3. The van der Waals surface area contributed by atoms with Crippen LogP contribution in [0.2, 0.25) is 0 Å². The monoisotopic (exact) mass is 514 g/mol. The first-order valence-corrected chi connectivity index (χ1v) is 16.2. The zero-order valence-electron chi connectivity index (χ0n) is 25.2. The Labute approximate surface area is 228 Å². The first-order chi connectivity index (χ1) is 17.7. The Kier molecular flexibility index (Phi) is 9.77. The van der Waals surface area contributed by atoms with E-state index in [-0.39, 0.29) is 6.10 Å². The summed E-state index contributed by atoms with van der Waals surface area (Å²) in [7, 11) is 0. The summed E-state index contributed by atoms with van der Waals surface area (Å²) in [4.78, 5) is 12.3. The molecule has 3 heteroatoms. The van der Waals surface area contributed by atoms with Gasteiger partial charge in [-0.05, 0) is 97.7 Å². The third-order valence-corrected chi connectivity index (χ3v) is 11.7. The SMILES string of the molecule is CCCCCCOC(=O)OC1CC[C@@]2(C)C(=CC[C@H]3[C@@H]4CC[C@H]([C@H](C)CCCC(C)C)[C@@]4(C)CC[C@@H]32)C1. The second kappa shape index (κ2) is 12.5. The highest BCUT2D eigenvalue weighted by Crippen LogP contribution is 2.67. The Morgan fingerprint density at radius 3 is 2.54 bits per heavy atom. The van der Waals surface area contributed by atoms with Gasteiger partial charge in [0.1, 0.15) is 6.10 Å². The van der Waals surface area contributed by atoms with Gasteiger partial charge in [0, 0.05) is 6.42 Å². The maximum absolute atomic E-state index is 12.3. The zero-order chi connectivity index (χ0) is 26.6. The molecule has 0 aromatic carbocycles. The predicted octanol–water partition coefficient (Wildman–Crippen LogP) is 10.1. The lowest BCUT2D eigenvalue weighted by Crippen LogP contribution is -2.51. The molecule has 0 N–H and O–H groups in total. The number of hydrogen-bond donors (Lipinski definition) is 0. The molecule has 0 aromatic heterocycles. The molecule has 0 aliphatic heterocycles. The Morgan fingerprint density at radius 1 is 0.973 bits per heavy atom. The lowest BCUT2D eigenvalue weighted by atomic mass is 9.47. The van der Waals surface area contributed by atoms with Crippen molar-refractivity contribution in [1.29, 1.82) is 0 Å². The van der Waals surface area contributed by atoms with Gasteiger partial charge in [-0.25, -0.2) is 4.79 Å². The van der Waals surface area contributed by atoms with Crippen molar-refractivity contribution in [3.05, 3.63) is 11.6 Å². The van der Waals surface area contributed by atoms with Crippen LogP contribution >= 0.6 is 0 Å². The zero-order valence-corrected chi connectivity index (χ0v) is 25.2. The number of rotatable bonds is 11. The minimum Gasteiger partial charge on any atom is -0.434 e. The van der Waals surface area contributed by atoms with Crippen molar-refractivity contribution in [2.45, 2.75) is 144 Å². The molecule has 1 unspecified atom stereocenters. The van der Waals surface area contributed by atoms with Crippen LogP contribution < -0.4 is 0 Å². The molecule has 0 spiro atoms. The van der Waals surface area contributed by atoms with E-state index in [1.54, 1.807) is 5.57 Å². The highest BCUT2D eigenvalue weighted by Gasteiger charge is 2.59. The molecule has 3 saturated carbocycles. The molecular weight excluding hydrogens is 456 g/mol. The summed E-state index contributed by atoms with van der Waals surface area (Å²) in [6, 6.07) is 0. The van der Waals surface area contributed by atoms with Crippen LogP contribution in [0, 0.1) is 46.3 Å². The molecule has 4 rings (SSSR count). The van der Waals surface area contributed by atoms with E-state index in [0.717, 1.165) is 67.6 Å². The van der Waals surface area contributed by atoms with Crippen LogP contribution in [-0.4, -0.2) is 18.9 Å². The molecular formula is C34H58O3. The molecule has 0 bridgehead atoms. The average Bonchev–Trinajstić information content (AvgIpc) is 3.21. The lowest BCUT2D eigenvalue weighted by Gasteiger charge is -2.58. The maximum Gasteiger partial charge on any atom is 0.508 e. The smallest absolute Gasteiger partial charge is 0.434 e. The summed E-state index contributed by atoms with van der Waals surface area (Å²) in [5, 5.41) is 0. The van der Waals surface area contributed by atoms with Gasteiger partial charge in [-0.3, -0.25) is 0 Å². The van der Waals surface area contributed by atoms with Crippen molar-refractivity contribution in [3.63, 3.8) is 0 Å². The van der Waals surface area contributed by atoms with Gasteiger partial charge in [-0.15, -0.1) is 0 Å². The topological polar surface area (TPSA) is 35.5 Å². The van der Waals surface area contributed by atoms with E-state index < -0.39 is 6.16 Å². The number of unbranched alkanes of at least 4 members (excludes halogenated alkanes) is 3. The predicted molar refractivity (Wildman–Crippen MR) is 153 cm³/mol. The minimum atomic E-state index is -0.452. The highest BCUT2D eigenvalue weighted by molar-refractivity contribution is 5.60. The van der Waals surface area contributed by atoms with E-state index in [2.05, 4.69) is 47.6 Å². The second-order valence-corrected chi connectivity index (χ2v) is 14.4. The number of allylic oxidation sites excluding steroid dienone is 1. The molecule has 4 aliphatic carbocycles. The fraction of sp³-hybridized carbons (Fsp3) is 0.912. The van der Waals surface area contributed by atoms with Crippen LogP contribution in [0.4, 0.5) is 4.79 Å². The summed E-state index contributed by atoms with van der Waals surface area (Å²) < 4.78 is 11.2. The summed E-state index contributed by atoms with van der Waals surface area (Å²) in [6.45, 7) is 15.2. The Balaban J connectivity index is 1.34. The van der Waals surface area contributed by atoms with E-state index in [9.17, 15) is 4.79 Å². The van der Waals surface area contributed by atoms with Gasteiger partial charge < -0.3 is 9.47 Å². The normalized spacial score (nSPS) is 37.8. The largest absolute Gasteiger partial charge is 0.508 e. The van der Waals surface area contributed by atoms with Gasteiger partial charge in [0.15, 0.2) is 0 Å². The first kappa shape index (κ1) is 29.0. The number of carbonyl (C=O) groups is 1. The van der Waals surface area contributed by atoms with E-state index in [1.807, 2.05) is 0 Å². The van der Waals surface area contributed by atoms with E-state index in [0.29, 0.717) is 17.4 Å². The quantitative estimate of drug-likeness (QED) is 0.156. The summed E-state index contributed by atoms with van der Waals surface area (Å²) >= 11 is 0. The average molecular weight is 515 g/mol. The summed E-state index contributed by atoms with van der Waals surface area (Å²) in [5.74, 6) is 5.18. The fourth-order valence-corrected chi connectivity index (χ4v) is 9.61. The van der Waals surface area contributed by atoms with Crippen molar-refractivity contribution in [3.8, 4) is 0 Å². The van der Waals surface area contributed by atoms with Gasteiger partial charge in [0.25, 0.3) is 0 Å². The van der Waals surface area contributed by atoms with Gasteiger partial charge in [-0.2, -0.15) is 0 Å². The van der Waals surface area contributed by atoms with Crippen LogP contribution in [0.25, 0.3) is 0 Å². The maximum atomic E-state index is 12.3. The van der Waals surface area contributed by atoms with Crippen molar-refractivity contribution in [2.24, 2.45) is 46.3 Å². The van der Waals surface area contributed by atoms with E-state index in [1.165, 1.54) is 64.2 Å². The Bertz CT molecular complexity index is 786. The molecule has 0 saturated heterocycles. The molecule has 0 aromatic rings. The van der Waals surface area contributed by atoms with Gasteiger partial charge >= 0.3 is 6.16 Å². The van der Waals surface area contributed by atoms with Crippen LogP contribution in [-0.2, 0) is 9.47 Å². The van der Waals surface area contributed by atoms with Crippen LogP contribution in [0.1, 0.15) is 138 Å². The van der Waals surface area contributed by atoms with Crippen molar-refractivity contribution >= 4 is 6.16 Å². The van der Waals surface area contributed by atoms with Gasteiger partial charge in [0.05, 0.1) is 6.61 Å². The van der Waals surface area contributed by atoms with Crippen molar-refractivity contribution in [2.75, 3.05) is 6.61 Å². The molecule has 0 heterocycles. The summed E-state index contributed by atoms with van der Waals surface area (Å²) in [5.41, 5.74) is 2.43. The third-order valence-electron chi connectivity index (χ3n) is 11.7. The molecule has 3 fully saturated rings. The first-order valence-electron chi connectivity index (χ1n) is 16.2. The molecule has 37 heavy (non-hydrogen) atoms. The highest BCUT2D eigenvalue weighted by atomic mass is 16.7. The van der Waals surface area contributed by atoms with Gasteiger partial charge in [0.2, 0.25) is 0 Å². The molecule has 0 radical (unpaired) electrons. The van der Waals surface area contributed by atoms with Crippen LogP contribution in [0.5, 0.6) is 0 Å². The fourth-order valence-electron chi connectivity index (χ4n) is 9.61. The third kappa shape index (κ3) is 6.27.